The van der Waals surface area contributed by atoms with E-state index in [4.69, 9.17) is 4.42 Å². The summed E-state index contributed by atoms with van der Waals surface area (Å²) >= 11 is 0. The number of carbonyl (C=O) groups excluding carboxylic acids is 1. The molecule has 4 heteroatoms. The van der Waals surface area contributed by atoms with E-state index in [0.717, 1.165) is 18.4 Å². The fourth-order valence-corrected chi connectivity index (χ4v) is 2.10. The molecule has 1 aliphatic rings. The molecule has 0 bridgehead atoms. The fourth-order valence-electron chi connectivity index (χ4n) is 2.10. The number of rotatable bonds is 3. The van der Waals surface area contributed by atoms with Gasteiger partial charge in [0.2, 0.25) is 5.91 Å². The van der Waals surface area contributed by atoms with Gasteiger partial charge in [0.05, 0.1) is 12.5 Å². The standard InChI is InChI=1S/C12H16FNO2/c13-11-3-1-2-10(6-11)12(15)14-7-9-4-5-16-8-9/h4-5,8,10-11H,1-3,6-7H2,(H,14,15). The van der Waals surface area contributed by atoms with E-state index in [1.54, 1.807) is 18.6 Å². The number of amides is 1. The predicted octanol–water partition coefficient (Wildman–Crippen LogP) is 2.42. The molecule has 88 valence electrons. The minimum atomic E-state index is -0.807. The summed E-state index contributed by atoms with van der Waals surface area (Å²) in [6.07, 6.45) is 4.95. The number of carbonyl (C=O) groups is 1. The van der Waals surface area contributed by atoms with Gasteiger partial charge in [0.25, 0.3) is 0 Å². The van der Waals surface area contributed by atoms with Gasteiger partial charge in [0, 0.05) is 18.0 Å². The second-order valence-electron chi connectivity index (χ2n) is 4.31. The summed E-state index contributed by atoms with van der Waals surface area (Å²) in [5.41, 5.74) is 0.931. The highest BCUT2D eigenvalue weighted by Crippen LogP contribution is 2.26. The lowest BCUT2D eigenvalue weighted by Crippen LogP contribution is -2.33. The van der Waals surface area contributed by atoms with Crippen LogP contribution in [0.2, 0.25) is 0 Å². The van der Waals surface area contributed by atoms with Crippen molar-refractivity contribution in [1.29, 1.82) is 0 Å². The molecule has 16 heavy (non-hydrogen) atoms. The monoisotopic (exact) mass is 225 g/mol. The molecule has 3 nitrogen and oxygen atoms in total. The molecule has 1 saturated carbocycles. The number of halogens is 1. The van der Waals surface area contributed by atoms with Crippen molar-refractivity contribution in [3.05, 3.63) is 24.2 Å². The lowest BCUT2D eigenvalue weighted by atomic mass is 9.87. The third-order valence-corrected chi connectivity index (χ3v) is 3.03. The van der Waals surface area contributed by atoms with E-state index in [0.29, 0.717) is 19.4 Å². The van der Waals surface area contributed by atoms with Crippen LogP contribution >= 0.6 is 0 Å². The Balaban J connectivity index is 1.79. The van der Waals surface area contributed by atoms with Gasteiger partial charge in [-0.1, -0.05) is 0 Å². The Morgan fingerprint density at radius 1 is 1.56 bits per heavy atom. The molecular weight excluding hydrogens is 209 g/mol. The van der Waals surface area contributed by atoms with Crippen molar-refractivity contribution >= 4 is 5.91 Å². The second-order valence-corrected chi connectivity index (χ2v) is 4.31. The first-order valence-electron chi connectivity index (χ1n) is 5.68. The van der Waals surface area contributed by atoms with Crippen LogP contribution in [0.1, 0.15) is 31.2 Å². The Morgan fingerprint density at radius 2 is 2.44 bits per heavy atom. The molecule has 1 heterocycles. The summed E-state index contributed by atoms with van der Waals surface area (Å²) in [4.78, 5) is 11.7. The van der Waals surface area contributed by atoms with Crippen LogP contribution in [-0.4, -0.2) is 12.1 Å². The minimum Gasteiger partial charge on any atom is -0.472 e. The summed E-state index contributed by atoms with van der Waals surface area (Å²) in [5, 5.41) is 2.81. The maximum Gasteiger partial charge on any atom is 0.223 e. The summed E-state index contributed by atoms with van der Waals surface area (Å²) in [6.45, 7) is 0.461. The summed E-state index contributed by atoms with van der Waals surface area (Å²) < 4.78 is 18.0. The van der Waals surface area contributed by atoms with Crippen LogP contribution in [0.25, 0.3) is 0 Å². The summed E-state index contributed by atoms with van der Waals surface area (Å²) in [5.74, 6) is -0.195. The van der Waals surface area contributed by atoms with E-state index in [2.05, 4.69) is 5.32 Å². The van der Waals surface area contributed by atoms with Crippen molar-refractivity contribution in [3.63, 3.8) is 0 Å². The molecule has 1 fully saturated rings. The van der Waals surface area contributed by atoms with Crippen LogP contribution in [0.4, 0.5) is 4.39 Å². The molecule has 2 rings (SSSR count). The molecule has 0 radical (unpaired) electrons. The summed E-state index contributed by atoms with van der Waals surface area (Å²) in [7, 11) is 0. The van der Waals surface area contributed by atoms with Gasteiger partial charge >= 0.3 is 0 Å². The van der Waals surface area contributed by atoms with E-state index < -0.39 is 6.17 Å². The molecular formula is C12H16FNO2. The first-order valence-corrected chi connectivity index (χ1v) is 5.68. The average Bonchev–Trinajstić information content (AvgIpc) is 2.78. The van der Waals surface area contributed by atoms with Crippen LogP contribution in [0.15, 0.2) is 23.0 Å². The van der Waals surface area contributed by atoms with E-state index in [9.17, 15) is 9.18 Å². The van der Waals surface area contributed by atoms with Gasteiger partial charge in [-0.05, 0) is 31.7 Å². The van der Waals surface area contributed by atoms with Crippen molar-refractivity contribution in [2.24, 2.45) is 5.92 Å². The number of furan rings is 1. The maximum absolute atomic E-state index is 13.1. The SMILES string of the molecule is O=C(NCc1ccoc1)C1CCCC(F)C1. The van der Waals surface area contributed by atoms with Crippen LogP contribution in [0, 0.1) is 5.92 Å². The molecule has 1 amide bonds. The Hall–Kier alpha value is -1.32. The molecule has 1 aromatic heterocycles. The Kier molecular flexibility index (Phi) is 3.59. The van der Waals surface area contributed by atoms with E-state index in [1.807, 2.05) is 0 Å². The van der Waals surface area contributed by atoms with Gasteiger partial charge in [-0.2, -0.15) is 0 Å². The van der Waals surface area contributed by atoms with Gasteiger partial charge in [0.15, 0.2) is 0 Å². The molecule has 1 aliphatic carbocycles. The zero-order valence-electron chi connectivity index (χ0n) is 9.12. The first kappa shape index (κ1) is 11.2. The lowest BCUT2D eigenvalue weighted by Gasteiger charge is -2.23. The van der Waals surface area contributed by atoms with Crippen LogP contribution in [0.3, 0.4) is 0 Å². The average molecular weight is 225 g/mol. The zero-order valence-corrected chi connectivity index (χ0v) is 9.12. The number of hydrogen-bond acceptors (Lipinski definition) is 2. The number of hydrogen-bond donors (Lipinski definition) is 1. The van der Waals surface area contributed by atoms with Crippen molar-refractivity contribution in [3.8, 4) is 0 Å². The lowest BCUT2D eigenvalue weighted by molar-refractivity contribution is -0.126. The highest BCUT2D eigenvalue weighted by Gasteiger charge is 2.26. The number of nitrogens with one attached hydrogen (secondary N) is 1. The molecule has 0 saturated heterocycles. The quantitative estimate of drug-likeness (QED) is 0.858. The normalized spacial score (nSPS) is 25.3. The molecule has 2 unspecified atom stereocenters. The van der Waals surface area contributed by atoms with E-state index >= 15 is 0 Å². The zero-order chi connectivity index (χ0) is 11.4. The van der Waals surface area contributed by atoms with E-state index in [-0.39, 0.29) is 11.8 Å². The molecule has 0 aromatic carbocycles. The van der Waals surface area contributed by atoms with Crippen molar-refractivity contribution < 1.29 is 13.6 Å². The highest BCUT2D eigenvalue weighted by atomic mass is 19.1. The third kappa shape index (κ3) is 2.84. The van der Waals surface area contributed by atoms with Crippen molar-refractivity contribution in [2.45, 2.75) is 38.4 Å². The highest BCUT2D eigenvalue weighted by molar-refractivity contribution is 5.78. The van der Waals surface area contributed by atoms with Gasteiger partial charge < -0.3 is 9.73 Å². The molecule has 0 spiro atoms. The Morgan fingerprint density at radius 3 is 3.12 bits per heavy atom. The molecule has 1 aromatic rings. The van der Waals surface area contributed by atoms with Crippen LogP contribution in [0.5, 0.6) is 0 Å². The molecule has 1 N–H and O–H groups in total. The smallest absolute Gasteiger partial charge is 0.223 e. The van der Waals surface area contributed by atoms with Gasteiger partial charge in [-0.15, -0.1) is 0 Å². The fraction of sp³-hybridized carbons (Fsp3) is 0.583. The van der Waals surface area contributed by atoms with Crippen LogP contribution in [-0.2, 0) is 11.3 Å². The first-order chi connectivity index (χ1) is 7.75. The maximum atomic E-state index is 13.1. The Labute approximate surface area is 94.0 Å². The third-order valence-electron chi connectivity index (χ3n) is 3.03. The van der Waals surface area contributed by atoms with Gasteiger partial charge in [-0.25, -0.2) is 4.39 Å². The largest absolute Gasteiger partial charge is 0.472 e. The van der Waals surface area contributed by atoms with Gasteiger partial charge in [-0.3, -0.25) is 4.79 Å². The Bertz CT molecular complexity index is 337. The predicted molar refractivity (Wildman–Crippen MR) is 57.4 cm³/mol. The van der Waals surface area contributed by atoms with Crippen molar-refractivity contribution in [1.82, 2.24) is 5.32 Å². The topological polar surface area (TPSA) is 42.2 Å². The van der Waals surface area contributed by atoms with E-state index in [1.165, 1.54) is 0 Å². The molecule has 0 aliphatic heterocycles. The molecule has 2 atom stereocenters. The van der Waals surface area contributed by atoms with Gasteiger partial charge in [0.1, 0.15) is 6.17 Å². The summed E-state index contributed by atoms with van der Waals surface area (Å²) in [6, 6.07) is 1.80. The minimum absolute atomic E-state index is 0.0384. The van der Waals surface area contributed by atoms with Crippen LogP contribution < -0.4 is 5.32 Å². The second kappa shape index (κ2) is 5.14. The van der Waals surface area contributed by atoms with Crippen molar-refractivity contribution in [2.75, 3.05) is 0 Å². The number of alkyl halides is 1.